The van der Waals surface area contributed by atoms with Crippen LogP contribution in [0.5, 0.6) is 0 Å². The lowest BCUT2D eigenvalue weighted by Crippen LogP contribution is -2.31. The molecule has 1 fully saturated rings. The van der Waals surface area contributed by atoms with Crippen LogP contribution in [-0.4, -0.2) is 38.8 Å². The summed E-state index contributed by atoms with van der Waals surface area (Å²) in [4.78, 5) is 12.8. The van der Waals surface area contributed by atoms with Gasteiger partial charge in [0.25, 0.3) is 5.91 Å². The fourth-order valence-electron chi connectivity index (χ4n) is 3.37. The Labute approximate surface area is 166 Å². The van der Waals surface area contributed by atoms with Gasteiger partial charge in [-0.25, -0.2) is 8.42 Å². The van der Waals surface area contributed by atoms with Crippen molar-refractivity contribution < 1.29 is 17.9 Å². The second-order valence-corrected chi connectivity index (χ2v) is 8.80. The number of amides is 1. The van der Waals surface area contributed by atoms with Gasteiger partial charge in [-0.15, -0.1) is 0 Å². The molecular weight excluding hydrogens is 376 g/mol. The van der Waals surface area contributed by atoms with Gasteiger partial charge in [0.1, 0.15) is 0 Å². The third kappa shape index (κ3) is 4.79. The molecule has 1 N–H and O–H groups in total. The molecule has 6 nitrogen and oxygen atoms in total. The lowest BCUT2D eigenvalue weighted by molar-refractivity contribution is -0.126. The summed E-state index contributed by atoms with van der Waals surface area (Å²) in [6, 6.07) is 15.5. The molecule has 0 spiro atoms. The van der Waals surface area contributed by atoms with Crippen molar-refractivity contribution in [3.05, 3.63) is 60.2 Å². The number of benzene rings is 2. The Morgan fingerprint density at radius 3 is 2.14 bits per heavy atom. The fourth-order valence-corrected chi connectivity index (χ4v) is 4.89. The fraction of sp³-hybridized carbons (Fsp3) is 0.381. The molecule has 0 saturated carbocycles. The second kappa shape index (κ2) is 9.32. The van der Waals surface area contributed by atoms with Gasteiger partial charge in [0, 0.05) is 25.9 Å². The van der Waals surface area contributed by atoms with Crippen LogP contribution in [0.4, 0.5) is 5.69 Å². The number of ether oxygens (including phenoxy) is 1. The van der Waals surface area contributed by atoms with Crippen molar-refractivity contribution in [3.8, 4) is 0 Å². The van der Waals surface area contributed by atoms with Crippen LogP contribution in [-0.2, 0) is 19.6 Å². The molecule has 1 saturated heterocycles. The Kier molecular flexibility index (Phi) is 6.83. The molecule has 2 aromatic carbocycles. The van der Waals surface area contributed by atoms with Gasteiger partial charge in [0.2, 0.25) is 10.0 Å². The topological polar surface area (TPSA) is 75.7 Å². The maximum atomic E-state index is 12.8. The minimum absolute atomic E-state index is 0.249. The van der Waals surface area contributed by atoms with Crippen LogP contribution in [0.1, 0.15) is 37.4 Å². The Morgan fingerprint density at radius 1 is 0.964 bits per heavy atom. The Balaban J connectivity index is 1.71. The number of hydrogen-bond acceptors (Lipinski definition) is 4. The highest BCUT2D eigenvalue weighted by molar-refractivity contribution is 7.89. The molecule has 0 aromatic heterocycles. The normalized spacial score (nSPS) is 16.9. The Hall–Kier alpha value is -2.22. The first-order chi connectivity index (χ1) is 13.5. The Bertz CT molecular complexity index is 874. The van der Waals surface area contributed by atoms with Crippen LogP contribution in [0.2, 0.25) is 0 Å². The van der Waals surface area contributed by atoms with Crippen LogP contribution in [0.25, 0.3) is 0 Å². The van der Waals surface area contributed by atoms with Gasteiger partial charge < -0.3 is 10.1 Å². The van der Waals surface area contributed by atoms with E-state index < -0.39 is 16.1 Å². The minimum atomic E-state index is -3.50. The number of carbonyl (C=O) groups is 1. The summed E-state index contributed by atoms with van der Waals surface area (Å²) in [6.07, 6.45) is 3.19. The average molecular weight is 403 g/mol. The monoisotopic (exact) mass is 402 g/mol. The van der Waals surface area contributed by atoms with E-state index in [1.807, 2.05) is 30.3 Å². The van der Waals surface area contributed by atoms with E-state index in [1.165, 1.54) is 7.11 Å². The predicted molar refractivity (Wildman–Crippen MR) is 108 cm³/mol. The number of nitrogens with one attached hydrogen (secondary N) is 1. The third-order valence-corrected chi connectivity index (χ3v) is 6.81. The molecule has 3 rings (SSSR count). The van der Waals surface area contributed by atoms with Gasteiger partial charge in [-0.2, -0.15) is 4.31 Å². The van der Waals surface area contributed by atoms with Crippen LogP contribution in [0.15, 0.2) is 59.5 Å². The van der Waals surface area contributed by atoms with Gasteiger partial charge in [-0.05, 0) is 42.7 Å². The molecule has 7 heteroatoms. The van der Waals surface area contributed by atoms with E-state index in [1.54, 1.807) is 28.6 Å². The summed E-state index contributed by atoms with van der Waals surface area (Å²) < 4.78 is 32.5. The van der Waals surface area contributed by atoms with Crippen molar-refractivity contribution in [2.75, 3.05) is 25.5 Å². The molecule has 1 aliphatic heterocycles. The molecule has 0 unspecified atom stereocenters. The summed E-state index contributed by atoms with van der Waals surface area (Å²) in [5.74, 6) is -0.308. The SMILES string of the molecule is CO[C@H](C(=O)Nc1ccc(S(=O)(=O)N2CCCCCC2)cc1)c1ccccc1. The van der Waals surface area contributed by atoms with E-state index in [-0.39, 0.29) is 10.8 Å². The van der Waals surface area contributed by atoms with E-state index >= 15 is 0 Å². The molecule has 0 bridgehead atoms. The van der Waals surface area contributed by atoms with Crippen LogP contribution >= 0.6 is 0 Å². The van der Waals surface area contributed by atoms with E-state index in [0.717, 1.165) is 31.2 Å². The molecular formula is C21H26N2O4S. The smallest absolute Gasteiger partial charge is 0.258 e. The number of anilines is 1. The largest absolute Gasteiger partial charge is 0.367 e. The van der Waals surface area contributed by atoms with E-state index in [2.05, 4.69) is 5.32 Å². The van der Waals surface area contributed by atoms with Crippen LogP contribution in [0, 0.1) is 0 Å². The first kappa shape index (κ1) is 20.5. The first-order valence-corrected chi connectivity index (χ1v) is 11.0. The summed E-state index contributed by atoms with van der Waals surface area (Å²) in [5.41, 5.74) is 1.28. The molecule has 1 amide bonds. The van der Waals surface area contributed by atoms with Crippen molar-refractivity contribution >= 4 is 21.6 Å². The molecule has 2 aromatic rings. The van der Waals surface area contributed by atoms with Gasteiger partial charge in [-0.3, -0.25) is 4.79 Å². The van der Waals surface area contributed by atoms with Gasteiger partial charge >= 0.3 is 0 Å². The number of carbonyl (C=O) groups excluding carboxylic acids is 1. The highest BCUT2D eigenvalue weighted by Crippen LogP contribution is 2.23. The van der Waals surface area contributed by atoms with Gasteiger partial charge in [-0.1, -0.05) is 43.2 Å². The van der Waals surface area contributed by atoms with Gasteiger partial charge in [0.05, 0.1) is 4.90 Å². The number of hydrogen-bond donors (Lipinski definition) is 1. The summed E-state index contributed by atoms with van der Waals surface area (Å²) in [5, 5.41) is 2.79. The number of sulfonamides is 1. The van der Waals surface area contributed by atoms with E-state index in [9.17, 15) is 13.2 Å². The molecule has 1 aliphatic rings. The van der Waals surface area contributed by atoms with E-state index in [0.29, 0.717) is 18.8 Å². The molecule has 150 valence electrons. The maximum Gasteiger partial charge on any atom is 0.258 e. The zero-order valence-electron chi connectivity index (χ0n) is 16.0. The van der Waals surface area contributed by atoms with Crippen molar-refractivity contribution in [1.29, 1.82) is 0 Å². The molecule has 0 aliphatic carbocycles. The summed E-state index contributed by atoms with van der Waals surface area (Å²) in [7, 11) is -2.02. The highest BCUT2D eigenvalue weighted by Gasteiger charge is 2.25. The molecule has 1 atom stereocenters. The second-order valence-electron chi connectivity index (χ2n) is 6.86. The quantitative estimate of drug-likeness (QED) is 0.801. The van der Waals surface area contributed by atoms with Gasteiger partial charge in [0.15, 0.2) is 6.10 Å². The molecule has 1 heterocycles. The Morgan fingerprint density at radius 2 is 1.57 bits per heavy atom. The van der Waals surface area contributed by atoms with Crippen molar-refractivity contribution in [1.82, 2.24) is 4.31 Å². The zero-order chi connectivity index (χ0) is 20.0. The number of methoxy groups -OCH3 is 1. The van der Waals surface area contributed by atoms with Crippen molar-refractivity contribution in [3.63, 3.8) is 0 Å². The zero-order valence-corrected chi connectivity index (χ0v) is 16.8. The maximum absolute atomic E-state index is 12.8. The average Bonchev–Trinajstić information content (AvgIpc) is 3.00. The first-order valence-electron chi connectivity index (χ1n) is 9.51. The summed E-state index contributed by atoms with van der Waals surface area (Å²) >= 11 is 0. The standard InChI is InChI=1S/C21H26N2O4S/c1-27-20(17-9-5-4-6-10-17)21(24)22-18-11-13-19(14-12-18)28(25,26)23-15-7-2-3-8-16-23/h4-6,9-14,20H,2-3,7-8,15-16H2,1H3,(H,22,24)/t20-/m0/s1. The van der Waals surface area contributed by atoms with Crippen LogP contribution < -0.4 is 5.32 Å². The summed E-state index contributed by atoms with van der Waals surface area (Å²) in [6.45, 7) is 1.13. The molecule has 0 radical (unpaired) electrons. The lowest BCUT2D eigenvalue weighted by Gasteiger charge is -2.20. The lowest BCUT2D eigenvalue weighted by atomic mass is 10.1. The number of nitrogens with zero attached hydrogens (tertiary/aromatic N) is 1. The molecule has 28 heavy (non-hydrogen) atoms. The van der Waals surface area contributed by atoms with Crippen molar-refractivity contribution in [2.45, 2.75) is 36.7 Å². The van der Waals surface area contributed by atoms with Crippen molar-refractivity contribution in [2.24, 2.45) is 0 Å². The predicted octanol–water partition coefficient (Wildman–Crippen LogP) is 3.58. The number of rotatable bonds is 6. The van der Waals surface area contributed by atoms with Crippen LogP contribution in [0.3, 0.4) is 0 Å². The third-order valence-electron chi connectivity index (χ3n) is 4.90. The van der Waals surface area contributed by atoms with E-state index in [4.69, 9.17) is 4.74 Å². The minimum Gasteiger partial charge on any atom is -0.367 e. The highest BCUT2D eigenvalue weighted by atomic mass is 32.2.